The van der Waals surface area contributed by atoms with Gasteiger partial charge in [-0.2, -0.15) is 10.1 Å². The van der Waals surface area contributed by atoms with Crippen molar-refractivity contribution in [2.75, 3.05) is 35.2 Å². The summed E-state index contributed by atoms with van der Waals surface area (Å²) in [4.78, 5) is 16.4. The number of nitrogens with zero attached hydrogens (tertiary/aromatic N) is 6. The number of aromatic nitrogens is 5. The topological polar surface area (TPSA) is 95.8 Å². The molecule has 1 atom stereocenters. The van der Waals surface area contributed by atoms with Crippen LogP contribution in [0.1, 0.15) is 42.6 Å². The van der Waals surface area contributed by atoms with Crippen molar-refractivity contribution in [1.29, 1.82) is 0 Å². The fraction of sp³-hybridized carbons (Fsp3) is 0.478. The SMILES string of the molecule is Cc1nc(Nc2ncc(N3CCN[C@H](C)C3)c(Nc3cc(C)n(C)n3)n2)cc(C2CC2)c1Cl. The fourth-order valence-electron chi connectivity index (χ4n) is 4.20. The molecule has 2 fully saturated rings. The van der Waals surface area contributed by atoms with Crippen molar-refractivity contribution in [2.24, 2.45) is 7.05 Å². The molecule has 0 spiro atoms. The molecule has 1 aliphatic heterocycles. The third-order valence-corrected chi connectivity index (χ3v) is 6.74. The van der Waals surface area contributed by atoms with Crippen LogP contribution in [0.25, 0.3) is 0 Å². The highest BCUT2D eigenvalue weighted by molar-refractivity contribution is 6.32. The van der Waals surface area contributed by atoms with Gasteiger partial charge < -0.3 is 20.9 Å². The first-order chi connectivity index (χ1) is 15.9. The summed E-state index contributed by atoms with van der Waals surface area (Å²) in [6.45, 7) is 8.83. The number of piperazine rings is 1. The molecule has 0 amide bonds. The van der Waals surface area contributed by atoms with Gasteiger partial charge in [0.25, 0.3) is 0 Å². The molecule has 3 aromatic rings. The molecular weight excluding hydrogens is 438 g/mol. The highest BCUT2D eigenvalue weighted by Crippen LogP contribution is 2.44. The number of halogens is 1. The van der Waals surface area contributed by atoms with Gasteiger partial charge in [-0.3, -0.25) is 4.68 Å². The van der Waals surface area contributed by atoms with Crippen LogP contribution in [-0.4, -0.2) is 50.4 Å². The van der Waals surface area contributed by atoms with Crippen molar-refractivity contribution in [1.82, 2.24) is 30.0 Å². The number of rotatable bonds is 6. The summed E-state index contributed by atoms with van der Waals surface area (Å²) in [5.74, 6) is 3.19. The van der Waals surface area contributed by atoms with Crippen LogP contribution in [0.2, 0.25) is 5.02 Å². The van der Waals surface area contributed by atoms with E-state index in [0.29, 0.717) is 29.5 Å². The Morgan fingerprint density at radius 3 is 2.64 bits per heavy atom. The first-order valence-electron chi connectivity index (χ1n) is 11.4. The molecule has 3 N–H and O–H groups in total. The predicted molar refractivity (Wildman–Crippen MR) is 132 cm³/mol. The Morgan fingerprint density at radius 1 is 1.12 bits per heavy atom. The average molecular weight is 468 g/mol. The third kappa shape index (κ3) is 4.74. The zero-order valence-electron chi connectivity index (χ0n) is 19.5. The van der Waals surface area contributed by atoms with Crippen LogP contribution in [-0.2, 0) is 7.05 Å². The molecule has 33 heavy (non-hydrogen) atoms. The summed E-state index contributed by atoms with van der Waals surface area (Å²) in [5.41, 5.74) is 3.99. The van der Waals surface area contributed by atoms with E-state index in [2.05, 4.69) is 42.8 Å². The lowest BCUT2D eigenvalue weighted by molar-refractivity contribution is 0.484. The van der Waals surface area contributed by atoms with Gasteiger partial charge in [-0.1, -0.05) is 11.6 Å². The average Bonchev–Trinajstić information content (AvgIpc) is 3.56. The van der Waals surface area contributed by atoms with E-state index in [9.17, 15) is 0 Å². The quantitative estimate of drug-likeness (QED) is 0.500. The Hall–Kier alpha value is -2.91. The summed E-state index contributed by atoms with van der Waals surface area (Å²) >= 11 is 6.50. The highest BCUT2D eigenvalue weighted by Gasteiger charge is 2.27. The minimum atomic E-state index is 0.392. The molecule has 1 aliphatic carbocycles. The normalized spacial score (nSPS) is 18.5. The maximum atomic E-state index is 6.50. The van der Waals surface area contributed by atoms with Gasteiger partial charge in [0.2, 0.25) is 5.95 Å². The van der Waals surface area contributed by atoms with E-state index in [1.807, 2.05) is 43.9 Å². The Balaban J connectivity index is 1.47. The molecule has 0 aromatic carbocycles. The Morgan fingerprint density at radius 2 is 1.94 bits per heavy atom. The number of anilines is 5. The van der Waals surface area contributed by atoms with E-state index in [4.69, 9.17) is 16.6 Å². The molecule has 3 aromatic heterocycles. The van der Waals surface area contributed by atoms with E-state index in [-0.39, 0.29) is 0 Å². The second-order valence-corrected chi connectivity index (χ2v) is 9.42. The molecule has 0 radical (unpaired) electrons. The Kier molecular flexibility index (Phi) is 5.84. The van der Waals surface area contributed by atoms with Crippen molar-refractivity contribution in [3.8, 4) is 0 Å². The van der Waals surface area contributed by atoms with Crippen LogP contribution in [0.5, 0.6) is 0 Å². The molecule has 10 heteroatoms. The van der Waals surface area contributed by atoms with Gasteiger partial charge in [-0.25, -0.2) is 9.97 Å². The lowest BCUT2D eigenvalue weighted by atomic mass is 10.1. The molecule has 5 rings (SSSR count). The van der Waals surface area contributed by atoms with Crippen LogP contribution >= 0.6 is 11.6 Å². The first kappa shape index (κ1) is 21.9. The van der Waals surface area contributed by atoms with Crippen molar-refractivity contribution in [3.05, 3.63) is 40.3 Å². The third-order valence-electron chi connectivity index (χ3n) is 6.25. The van der Waals surface area contributed by atoms with Gasteiger partial charge in [-0.05, 0) is 51.2 Å². The minimum Gasteiger partial charge on any atom is -0.364 e. The summed E-state index contributed by atoms with van der Waals surface area (Å²) in [6.07, 6.45) is 4.22. The van der Waals surface area contributed by atoms with Crippen LogP contribution < -0.4 is 20.9 Å². The van der Waals surface area contributed by atoms with Crippen molar-refractivity contribution in [2.45, 2.75) is 45.6 Å². The van der Waals surface area contributed by atoms with E-state index in [1.165, 1.54) is 12.8 Å². The van der Waals surface area contributed by atoms with Crippen molar-refractivity contribution >= 4 is 40.7 Å². The Labute approximate surface area is 199 Å². The molecule has 174 valence electrons. The maximum Gasteiger partial charge on any atom is 0.230 e. The number of pyridine rings is 1. The van der Waals surface area contributed by atoms with Crippen LogP contribution in [0, 0.1) is 13.8 Å². The monoisotopic (exact) mass is 467 g/mol. The van der Waals surface area contributed by atoms with Gasteiger partial charge in [0.05, 0.1) is 22.6 Å². The molecule has 4 heterocycles. The molecule has 9 nitrogen and oxygen atoms in total. The molecule has 1 saturated carbocycles. The standard InChI is InChI=1S/C23H30ClN9/c1-13-12-33(8-7-25-13)18-11-26-23(30-22(18)28-20-9-14(2)32(4)31-20)29-19-10-17(16-5-6-16)21(24)15(3)27-19/h9-11,13,16,25H,5-8,12H2,1-4H3,(H2,26,27,28,29,30,31)/t13-/m1/s1. The van der Waals surface area contributed by atoms with Crippen LogP contribution in [0.4, 0.5) is 29.1 Å². The summed E-state index contributed by atoms with van der Waals surface area (Å²) in [7, 11) is 1.93. The minimum absolute atomic E-state index is 0.392. The van der Waals surface area contributed by atoms with Gasteiger partial charge in [-0.15, -0.1) is 0 Å². The van der Waals surface area contributed by atoms with E-state index in [0.717, 1.165) is 53.1 Å². The van der Waals surface area contributed by atoms with E-state index >= 15 is 0 Å². The summed E-state index contributed by atoms with van der Waals surface area (Å²) in [5, 5.41) is 15.5. The van der Waals surface area contributed by atoms with E-state index < -0.39 is 0 Å². The number of hydrogen-bond acceptors (Lipinski definition) is 8. The van der Waals surface area contributed by atoms with Gasteiger partial charge in [0.15, 0.2) is 11.6 Å². The first-order valence-corrected chi connectivity index (χ1v) is 11.8. The van der Waals surface area contributed by atoms with Gasteiger partial charge in [0, 0.05) is 44.5 Å². The largest absolute Gasteiger partial charge is 0.364 e. The van der Waals surface area contributed by atoms with E-state index in [1.54, 1.807) is 0 Å². The van der Waals surface area contributed by atoms with Crippen molar-refractivity contribution in [3.63, 3.8) is 0 Å². The number of nitrogens with one attached hydrogen (secondary N) is 3. The van der Waals surface area contributed by atoms with Gasteiger partial charge in [0.1, 0.15) is 5.82 Å². The zero-order valence-corrected chi connectivity index (χ0v) is 20.2. The number of aryl methyl sites for hydroxylation is 3. The second kappa shape index (κ2) is 8.79. The van der Waals surface area contributed by atoms with Crippen LogP contribution in [0.15, 0.2) is 18.3 Å². The molecule has 0 bridgehead atoms. The lowest BCUT2D eigenvalue weighted by Gasteiger charge is -2.34. The second-order valence-electron chi connectivity index (χ2n) is 9.04. The maximum absolute atomic E-state index is 6.50. The number of hydrogen-bond donors (Lipinski definition) is 3. The molecule has 2 aliphatic rings. The van der Waals surface area contributed by atoms with Gasteiger partial charge >= 0.3 is 0 Å². The molecule has 1 saturated heterocycles. The summed E-state index contributed by atoms with van der Waals surface area (Å²) in [6, 6.07) is 4.42. The van der Waals surface area contributed by atoms with Crippen molar-refractivity contribution < 1.29 is 0 Å². The highest BCUT2D eigenvalue weighted by atomic mass is 35.5. The lowest BCUT2D eigenvalue weighted by Crippen LogP contribution is -2.49. The molecule has 0 unspecified atom stereocenters. The fourth-order valence-corrected chi connectivity index (χ4v) is 4.46. The summed E-state index contributed by atoms with van der Waals surface area (Å²) < 4.78 is 1.84. The Bertz CT molecular complexity index is 1150. The predicted octanol–water partition coefficient (Wildman–Crippen LogP) is 4.04. The van der Waals surface area contributed by atoms with Crippen LogP contribution in [0.3, 0.4) is 0 Å². The zero-order chi connectivity index (χ0) is 23.1. The molecular formula is C23H30ClN9. The smallest absolute Gasteiger partial charge is 0.230 e.